The number of nitrogens with one attached hydrogen (secondary N) is 2. The van der Waals surface area contributed by atoms with Gasteiger partial charge in [-0.15, -0.1) is 0 Å². The number of hydrogen-bond acceptors (Lipinski definition) is 5. The van der Waals surface area contributed by atoms with E-state index in [2.05, 4.69) is 15.2 Å². The Labute approximate surface area is 156 Å². The van der Waals surface area contributed by atoms with E-state index in [0.717, 1.165) is 5.69 Å². The summed E-state index contributed by atoms with van der Waals surface area (Å²) in [6.45, 7) is 1.57. The van der Waals surface area contributed by atoms with Gasteiger partial charge in [0.05, 0.1) is 22.7 Å². The van der Waals surface area contributed by atoms with Crippen LogP contribution in [0.1, 0.15) is 18.9 Å². The minimum atomic E-state index is -3.79. The molecule has 7 nitrogen and oxygen atoms in total. The highest BCUT2D eigenvalue weighted by molar-refractivity contribution is 7.89. The molecule has 0 aliphatic rings. The summed E-state index contributed by atoms with van der Waals surface area (Å²) in [6, 6.07) is 13.2. The maximum Gasteiger partial charge on any atom is 0.304 e. The molecular weight excluding hydrogens is 378 g/mol. The number of sulfonamides is 1. The van der Waals surface area contributed by atoms with Crippen LogP contribution in [0.25, 0.3) is 0 Å². The second-order valence-corrected chi connectivity index (χ2v) is 7.59. The fraction of sp³-hybridized carbons (Fsp3) is 0.176. The lowest BCUT2D eigenvalue weighted by Crippen LogP contribution is -2.26. The molecule has 0 aliphatic heterocycles. The van der Waals surface area contributed by atoms with Crippen LogP contribution in [-0.2, 0) is 14.8 Å². The van der Waals surface area contributed by atoms with Crippen molar-refractivity contribution >= 4 is 39.0 Å². The largest absolute Gasteiger partial charge is 0.481 e. The summed E-state index contributed by atoms with van der Waals surface area (Å²) in [4.78, 5) is 10.6. The number of carbonyl (C=O) groups is 1. The van der Waals surface area contributed by atoms with Gasteiger partial charge in [-0.05, 0) is 48.9 Å². The molecule has 0 bridgehead atoms. The van der Waals surface area contributed by atoms with Gasteiger partial charge in [0, 0.05) is 11.6 Å². The number of nitrogens with zero attached hydrogens (tertiary/aromatic N) is 1. The SMILES string of the molecule is C/C(=N/Nc1ccc(Cl)cc1)c1cccc(S(=O)(=O)NCCC(=O)O)c1. The molecule has 0 unspecified atom stereocenters. The van der Waals surface area contributed by atoms with Crippen LogP contribution in [0.15, 0.2) is 58.5 Å². The molecule has 0 aliphatic carbocycles. The molecule has 9 heteroatoms. The van der Waals surface area contributed by atoms with E-state index >= 15 is 0 Å². The fourth-order valence-electron chi connectivity index (χ4n) is 2.00. The van der Waals surface area contributed by atoms with Crippen molar-refractivity contribution in [2.24, 2.45) is 5.10 Å². The van der Waals surface area contributed by atoms with Crippen molar-refractivity contribution in [1.82, 2.24) is 4.72 Å². The van der Waals surface area contributed by atoms with Crippen LogP contribution >= 0.6 is 11.6 Å². The third kappa shape index (κ3) is 5.83. The van der Waals surface area contributed by atoms with E-state index in [9.17, 15) is 13.2 Å². The zero-order valence-electron chi connectivity index (χ0n) is 13.9. The molecule has 0 saturated heterocycles. The number of halogens is 1. The van der Waals surface area contributed by atoms with Gasteiger partial charge < -0.3 is 5.11 Å². The Hall–Kier alpha value is -2.42. The van der Waals surface area contributed by atoms with Crippen LogP contribution in [-0.4, -0.2) is 31.8 Å². The van der Waals surface area contributed by atoms with Crippen LogP contribution < -0.4 is 10.1 Å². The van der Waals surface area contributed by atoms with Crippen molar-refractivity contribution in [1.29, 1.82) is 0 Å². The Bertz CT molecular complexity index is 912. The second-order valence-electron chi connectivity index (χ2n) is 5.39. The summed E-state index contributed by atoms with van der Waals surface area (Å²) in [6.07, 6.45) is -0.287. The quantitative estimate of drug-likeness (QED) is 0.470. The number of anilines is 1. The first-order chi connectivity index (χ1) is 12.3. The Kier molecular flexibility index (Phi) is 6.73. The highest BCUT2D eigenvalue weighted by atomic mass is 35.5. The maximum absolute atomic E-state index is 12.2. The molecule has 0 atom stereocenters. The normalized spacial score (nSPS) is 12.0. The molecule has 138 valence electrons. The van der Waals surface area contributed by atoms with Crippen LogP contribution in [0, 0.1) is 0 Å². The molecule has 0 radical (unpaired) electrons. The molecular formula is C17H18ClN3O4S. The Morgan fingerprint density at radius 2 is 1.88 bits per heavy atom. The van der Waals surface area contributed by atoms with Crippen LogP contribution in [0.3, 0.4) is 0 Å². The Balaban J connectivity index is 2.12. The van der Waals surface area contributed by atoms with E-state index in [1.165, 1.54) is 12.1 Å². The van der Waals surface area contributed by atoms with Crippen molar-refractivity contribution in [3.05, 3.63) is 59.1 Å². The van der Waals surface area contributed by atoms with Gasteiger partial charge in [0.1, 0.15) is 0 Å². The summed E-state index contributed by atoms with van der Waals surface area (Å²) in [5.74, 6) is -1.07. The highest BCUT2D eigenvalue weighted by Crippen LogP contribution is 2.15. The molecule has 2 aromatic rings. The molecule has 0 fully saturated rings. The second kappa shape index (κ2) is 8.79. The van der Waals surface area contributed by atoms with E-state index in [0.29, 0.717) is 16.3 Å². The zero-order valence-corrected chi connectivity index (χ0v) is 15.5. The number of hydrogen-bond donors (Lipinski definition) is 3. The first-order valence-corrected chi connectivity index (χ1v) is 9.52. The molecule has 0 heterocycles. The molecule has 2 aromatic carbocycles. The first kappa shape index (κ1) is 19.9. The Morgan fingerprint density at radius 3 is 2.54 bits per heavy atom. The number of benzene rings is 2. The van der Waals surface area contributed by atoms with E-state index in [1.807, 2.05) is 0 Å². The predicted octanol–water partition coefficient (Wildman–Crippen LogP) is 2.93. The molecule has 3 N–H and O–H groups in total. The highest BCUT2D eigenvalue weighted by Gasteiger charge is 2.15. The van der Waals surface area contributed by atoms with Gasteiger partial charge in [-0.3, -0.25) is 10.2 Å². The number of hydrazone groups is 1. The van der Waals surface area contributed by atoms with Gasteiger partial charge in [-0.2, -0.15) is 5.10 Å². The number of carboxylic acid groups (broad SMARTS) is 1. The van der Waals surface area contributed by atoms with Gasteiger partial charge in [-0.1, -0.05) is 23.7 Å². The lowest BCUT2D eigenvalue weighted by molar-refractivity contribution is -0.136. The average molecular weight is 396 g/mol. The van der Waals surface area contributed by atoms with E-state index in [1.54, 1.807) is 43.3 Å². The first-order valence-electron chi connectivity index (χ1n) is 7.66. The van der Waals surface area contributed by atoms with Crippen LogP contribution in [0.2, 0.25) is 5.02 Å². The van der Waals surface area contributed by atoms with Crippen molar-refractivity contribution < 1.29 is 18.3 Å². The molecule has 26 heavy (non-hydrogen) atoms. The summed E-state index contributed by atoms with van der Waals surface area (Å²) in [5, 5.41) is 13.4. The summed E-state index contributed by atoms with van der Waals surface area (Å²) < 4.78 is 26.7. The summed E-state index contributed by atoms with van der Waals surface area (Å²) in [5.41, 5.74) is 4.82. The summed E-state index contributed by atoms with van der Waals surface area (Å²) >= 11 is 5.82. The smallest absolute Gasteiger partial charge is 0.304 e. The van der Waals surface area contributed by atoms with Crippen LogP contribution in [0.4, 0.5) is 5.69 Å². The van der Waals surface area contributed by atoms with Gasteiger partial charge in [-0.25, -0.2) is 13.1 Å². The van der Waals surface area contributed by atoms with E-state index in [-0.39, 0.29) is 17.9 Å². The lowest BCUT2D eigenvalue weighted by atomic mass is 10.1. The molecule has 0 aromatic heterocycles. The Morgan fingerprint density at radius 1 is 1.19 bits per heavy atom. The van der Waals surface area contributed by atoms with Crippen molar-refractivity contribution in [3.8, 4) is 0 Å². The zero-order chi connectivity index (χ0) is 19.2. The van der Waals surface area contributed by atoms with Crippen LogP contribution in [0.5, 0.6) is 0 Å². The standard InChI is InChI=1S/C17H18ClN3O4S/c1-12(20-21-15-7-5-14(18)6-8-15)13-3-2-4-16(11-13)26(24,25)19-10-9-17(22)23/h2-8,11,19,21H,9-10H2,1H3,(H,22,23)/b20-12-. The van der Waals surface area contributed by atoms with Gasteiger partial charge >= 0.3 is 5.97 Å². The monoisotopic (exact) mass is 395 g/mol. The van der Waals surface area contributed by atoms with Crippen molar-refractivity contribution in [2.75, 3.05) is 12.0 Å². The average Bonchev–Trinajstić information content (AvgIpc) is 2.60. The summed E-state index contributed by atoms with van der Waals surface area (Å²) in [7, 11) is -3.79. The molecule has 0 saturated carbocycles. The lowest BCUT2D eigenvalue weighted by Gasteiger charge is -2.08. The molecule has 0 spiro atoms. The van der Waals surface area contributed by atoms with Crippen molar-refractivity contribution in [2.45, 2.75) is 18.2 Å². The topological polar surface area (TPSA) is 108 Å². The van der Waals surface area contributed by atoms with Gasteiger partial charge in [0.2, 0.25) is 10.0 Å². The third-order valence-electron chi connectivity index (χ3n) is 3.39. The number of rotatable bonds is 8. The molecule has 0 amide bonds. The minimum absolute atomic E-state index is 0.0430. The van der Waals surface area contributed by atoms with Gasteiger partial charge in [0.25, 0.3) is 0 Å². The minimum Gasteiger partial charge on any atom is -0.481 e. The third-order valence-corrected chi connectivity index (χ3v) is 5.10. The number of aliphatic carboxylic acids is 1. The fourth-order valence-corrected chi connectivity index (χ4v) is 3.20. The van der Waals surface area contributed by atoms with Gasteiger partial charge in [0.15, 0.2) is 0 Å². The number of carboxylic acids is 1. The van der Waals surface area contributed by atoms with Crippen molar-refractivity contribution in [3.63, 3.8) is 0 Å². The maximum atomic E-state index is 12.2. The predicted molar refractivity (Wildman–Crippen MR) is 101 cm³/mol. The van der Waals surface area contributed by atoms with E-state index in [4.69, 9.17) is 16.7 Å². The van der Waals surface area contributed by atoms with E-state index < -0.39 is 16.0 Å². The molecule has 2 rings (SSSR count).